The summed E-state index contributed by atoms with van der Waals surface area (Å²) in [5.41, 5.74) is 4.57. The number of hydrogen-bond acceptors (Lipinski definition) is 4. The Morgan fingerprint density at radius 3 is 2.27 bits per heavy atom. The number of allylic oxidation sites excluding steroid dienone is 1. The van der Waals surface area contributed by atoms with Crippen molar-refractivity contribution in [1.29, 1.82) is 0 Å². The summed E-state index contributed by atoms with van der Waals surface area (Å²) in [5, 5.41) is 5.53. The highest BCUT2D eigenvalue weighted by molar-refractivity contribution is 5.95. The number of benzene rings is 3. The van der Waals surface area contributed by atoms with Gasteiger partial charge in [0.1, 0.15) is 19.0 Å². The van der Waals surface area contributed by atoms with Crippen molar-refractivity contribution >= 4 is 12.0 Å². The Kier molecular flexibility index (Phi) is 6.74. The smallest absolute Gasteiger partial charge is 0.338 e. The molecule has 2 amide bonds. The van der Waals surface area contributed by atoms with E-state index in [9.17, 15) is 9.59 Å². The van der Waals surface area contributed by atoms with Gasteiger partial charge < -0.3 is 20.1 Å². The average Bonchev–Trinajstić information content (AvgIpc) is 2.82. The van der Waals surface area contributed by atoms with E-state index in [1.165, 1.54) is 5.56 Å². The minimum absolute atomic E-state index is 0.142. The van der Waals surface area contributed by atoms with Crippen LogP contribution in [0.15, 0.2) is 90.1 Å². The number of hydrogen-bond donors (Lipinski definition) is 2. The Labute approximate surface area is 193 Å². The van der Waals surface area contributed by atoms with Crippen LogP contribution in [0.4, 0.5) is 4.79 Å². The van der Waals surface area contributed by atoms with E-state index in [0.717, 1.165) is 11.1 Å². The largest absolute Gasteiger partial charge is 0.489 e. The van der Waals surface area contributed by atoms with Gasteiger partial charge in [0, 0.05) is 11.3 Å². The fourth-order valence-corrected chi connectivity index (χ4v) is 3.69. The highest BCUT2D eigenvalue weighted by atomic mass is 16.5. The topological polar surface area (TPSA) is 76.7 Å². The van der Waals surface area contributed by atoms with Crippen molar-refractivity contribution < 1.29 is 19.1 Å². The number of para-hydroxylation sites is 1. The average molecular weight is 443 g/mol. The molecule has 3 aromatic rings. The van der Waals surface area contributed by atoms with Crippen LogP contribution in [0.2, 0.25) is 0 Å². The second-order valence-corrected chi connectivity index (χ2v) is 7.94. The third-order valence-electron chi connectivity index (χ3n) is 5.45. The maximum absolute atomic E-state index is 13.1. The van der Waals surface area contributed by atoms with Crippen molar-refractivity contribution in [3.8, 4) is 5.75 Å². The van der Waals surface area contributed by atoms with Gasteiger partial charge in [-0.05, 0) is 31.0 Å². The molecule has 1 aliphatic rings. The van der Waals surface area contributed by atoms with Crippen LogP contribution in [-0.4, -0.2) is 12.0 Å². The van der Waals surface area contributed by atoms with Crippen LogP contribution in [-0.2, 0) is 22.7 Å². The van der Waals surface area contributed by atoms with Crippen LogP contribution < -0.4 is 15.4 Å². The highest BCUT2D eigenvalue weighted by Gasteiger charge is 2.34. The Hall–Kier alpha value is -4.06. The lowest BCUT2D eigenvalue weighted by Gasteiger charge is -2.29. The van der Waals surface area contributed by atoms with Crippen molar-refractivity contribution in [3.05, 3.63) is 112 Å². The van der Waals surface area contributed by atoms with Gasteiger partial charge in [0.15, 0.2) is 0 Å². The third kappa shape index (κ3) is 5.41. The second kappa shape index (κ2) is 10.0. The first-order chi connectivity index (χ1) is 16.0. The molecule has 1 atom stereocenters. The first-order valence-electron chi connectivity index (χ1n) is 10.8. The summed E-state index contributed by atoms with van der Waals surface area (Å²) in [6.45, 7) is 4.24. The monoisotopic (exact) mass is 442 g/mol. The predicted molar refractivity (Wildman–Crippen MR) is 125 cm³/mol. The Bertz CT molecular complexity index is 1170. The highest BCUT2D eigenvalue weighted by Crippen LogP contribution is 2.34. The molecule has 168 valence electrons. The lowest BCUT2D eigenvalue weighted by atomic mass is 9.95. The molecule has 0 saturated heterocycles. The van der Waals surface area contributed by atoms with E-state index in [2.05, 4.69) is 10.6 Å². The molecule has 0 radical (unpaired) electrons. The summed E-state index contributed by atoms with van der Waals surface area (Å²) in [6, 6.07) is 23.9. The van der Waals surface area contributed by atoms with Gasteiger partial charge >= 0.3 is 12.0 Å². The van der Waals surface area contributed by atoms with Crippen molar-refractivity contribution in [2.75, 3.05) is 0 Å². The minimum Gasteiger partial charge on any atom is -0.489 e. The molecule has 0 aromatic heterocycles. The van der Waals surface area contributed by atoms with E-state index in [4.69, 9.17) is 9.47 Å². The molecule has 1 heterocycles. The normalized spacial score (nSPS) is 15.5. The minimum atomic E-state index is -0.698. The number of esters is 1. The van der Waals surface area contributed by atoms with E-state index in [-0.39, 0.29) is 12.6 Å². The zero-order valence-corrected chi connectivity index (χ0v) is 18.6. The number of urea groups is 1. The van der Waals surface area contributed by atoms with Crippen LogP contribution in [0.5, 0.6) is 5.75 Å². The van der Waals surface area contributed by atoms with Gasteiger partial charge in [0.25, 0.3) is 0 Å². The van der Waals surface area contributed by atoms with Crippen molar-refractivity contribution in [1.82, 2.24) is 10.6 Å². The third-order valence-corrected chi connectivity index (χ3v) is 5.45. The van der Waals surface area contributed by atoms with Crippen LogP contribution in [0.1, 0.15) is 35.2 Å². The molecule has 33 heavy (non-hydrogen) atoms. The van der Waals surface area contributed by atoms with Crippen molar-refractivity contribution in [2.24, 2.45) is 0 Å². The standard InChI is InChI=1S/C27H26N2O4/c1-18-12-14-21(15-13-18)16-32-23-11-7-6-10-22(23)25-24(19(2)28-27(31)29-25)26(30)33-17-20-8-4-3-5-9-20/h3-15,25H,16-17H2,1-2H3,(H2,28,29,31). The lowest BCUT2D eigenvalue weighted by Crippen LogP contribution is -2.45. The number of amides is 2. The molecule has 0 saturated carbocycles. The molecular weight excluding hydrogens is 416 g/mol. The van der Waals surface area contributed by atoms with E-state index in [1.54, 1.807) is 6.92 Å². The molecule has 1 aliphatic heterocycles. The SMILES string of the molecule is CC1=C(C(=O)OCc2ccccc2)C(c2ccccc2OCc2ccc(C)cc2)NC(=O)N1. The molecule has 0 spiro atoms. The first-order valence-corrected chi connectivity index (χ1v) is 10.8. The van der Waals surface area contributed by atoms with Gasteiger partial charge in [0.2, 0.25) is 0 Å². The van der Waals surface area contributed by atoms with Gasteiger partial charge in [0.05, 0.1) is 11.6 Å². The van der Waals surface area contributed by atoms with E-state index in [1.807, 2.05) is 85.8 Å². The number of carbonyl (C=O) groups excluding carboxylic acids is 2. The maximum atomic E-state index is 13.1. The lowest BCUT2D eigenvalue weighted by molar-refractivity contribution is -0.140. The van der Waals surface area contributed by atoms with E-state index in [0.29, 0.717) is 29.2 Å². The molecule has 6 nitrogen and oxygen atoms in total. The zero-order chi connectivity index (χ0) is 23.2. The number of nitrogens with one attached hydrogen (secondary N) is 2. The van der Waals surface area contributed by atoms with Gasteiger partial charge in [-0.25, -0.2) is 9.59 Å². The Morgan fingerprint density at radius 2 is 1.52 bits per heavy atom. The number of aryl methyl sites for hydroxylation is 1. The quantitative estimate of drug-likeness (QED) is 0.508. The summed E-state index contributed by atoms with van der Waals surface area (Å²) in [6.07, 6.45) is 0. The summed E-state index contributed by atoms with van der Waals surface area (Å²) in [4.78, 5) is 25.4. The Balaban J connectivity index is 1.57. The van der Waals surface area contributed by atoms with Crippen LogP contribution in [0.25, 0.3) is 0 Å². The number of ether oxygens (including phenoxy) is 2. The molecule has 6 heteroatoms. The van der Waals surface area contributed by atoms with Gasteiger partial charge in [-0.1, -0.05) is 78.4 Å². The Morgan fingerprint density at radius 1 is 0.848 bits per heavy atom. The molecule has 1 unspecified atom stereocenters. The summed E-state index contributed by atoms with van der Waals surface area (Å²) < 4.78 is 11.7. The fraction of sp³-hybridized carbons (Fsp3) is 0.185. The van der Waals surface area contributed by atoms with Gasteiger partial charge in [-0.2, -0.15) is 0 Å². The van der Waals surface area contributed by atoms with Crippen LogP contribution in [0, 0.1) is 6.92 Å². The summed E-state index contributed by atoms with van der Waals surface area (Å²) in [7, 11) is 0. The molecular formula is C27H26N2O4. The summed E-state index contributed by atoms with van der Waals surface area (Å²) in [5.74, 6) is 0.0913. The second-order valence-electron chi connectivity index (χ2n) is 7.94. The van der Waals surface area contributed by atoms with Crippen LogP contribution >= 0.6 is 0 Å². The van der Waals surface area contributed by atoms with Gasteiger partial charge in [-0.3, -0.25) is 0 Å². The maximum Gasteiger partial charge on any atom is 0.338 e. The van der Waals surface area contributed by atoms with Crippen molar-refractivity contribution in [2.45, 2.75) is 33.1 Å². The van der Waals surface area contributed by atoms with Crippen LogP contribution in [0.3, 0.4) is 0 Å². The predicted octanol–water partition coefficient (Wildman–Crippen LogP) is 4.95. The van der Waals surface area contributed by atoms with Crippen molar-refractivity contribution in [3.63, 3.8) is 0 Å². The molecule has 3 aromatic carbocycles. The molecule has 0 bridgehead atoms. The zero-order valence-electron chi connectivity index (χ0n) is 18.6. The summed E-state index contributed by atoms with van der Waals surface area (Å²) >= 11 is 0. The van der Waals surface area contributed by atoms with Gasteiger partial charge in [-0.15, -0.1) is 0 Å². The number of rotatable bonds is 7. The molecule has 2 N–H and O–H groups in total. The number of carbonyl (C=O) groups is 2. The molecule has 0 aliphatic carbocycles. The van der Waals surface area contributed by atoms with E-state index < -0.39 is 12.0 Å². The molecule has 4 rings (SSSR count). The van der Waals surface area contributed by atoms with E-state index >= 15 is 0 Å². The molecule has 0 fully saturated rings. The first kappa shape index (κ1) is 22.1. The fourth-order valence-electron chi connectivity index (χ4n) is 3.69.